The van der Waals surface area contributed by atoms with E-state index >= 15 is 0 Å². The maximum absolute atomic E-state index is 12.9. The van der Waals surface area contributed by atoms with E-state index in [1.54, 1.807) is 0 Å². The molecule has 0 atom stereocenters. The average Bonchev–Trinajstić information content (AvgIpc) is 3.20. The first-order valence-corrected chi connectivity index (χ1v) is 8.08. The van der Waals surface area contributed by atoms with Crippen LogP contribution in [0.5, 0.6) is 0 Å². The molecule has 3 nitrogen and oxygen atoms in total. The topological polar surface area (TPSA) is 29.9 Å². The minimum atomic E-state index is -2.53. The van der Waals surface area contributed by atoms with Gasteiger partial charge in [-0.2, -0.15) is 5.10 Å². The van der Waals surface area contributed by atoms with Gasteiger partial charge in [0.25, 0.3) is 6.43 Å². The summed E-state index contributed by atoms with van der Waals surface area (Å²) in [5.74, 6) is 0. The van der Waals surface area contributed by atoms with E-state index in [0.29, 0.717) is 12.2 Å². The van der Waals surface area contributed by atoms with Crippen LogP contribution in [-0.4, -0.2) is 9.78 Å². The summed E-state index contributed by atoms with van der Waals surface area (Å²) in [6, 6.07) is 16.6. The fourth-order valence-corrected chi connectivity index (χ4v) is 3.14. The zero-order valence-corrected chi connectivity index (χ0v) is 13.8. The first-order chi connectivity index (χ1) is 11.5. The lowest BCUT2D eigenvalue weighted by Crippen LogP contribution is -2.09. The van der Waals surface area contributed by atoms with Gasteiger partial charge >= 0.3 is 0 Å². The molecule has 24 heavy (non-hydrogen) atoms. The van der Waals surface area contributed by atoms with Crippen LogP contribution in [0, 0.1) is 12.1 Å². The van der Waals surface area contributed by atoms with Crippen molar-refractivity contribution in [3.05, 3.63) is 71.2 Å². The van der Waals surface area contributed by atoms with Crippen LogP contribution in [0.2, 0.25) is 0 Å². The van der Waals surface area contributed by atoms with Crippen LogP contribution < -0.4 is 5.32 Å². The van der Waals surface area contributed by atoms with Crippen LogP contribution in [-0.2, 0) is 13.6 Å². The molecule has 6 heteroatoms. The number of thiophene rings is 1. The number of hydrogen-bond acceptors (Lipinski definition) is 3. The van der Waals surface area contributed by atoms with Crippen LogP contribution in [0.3, 0.4) is 0 Å². The maximum atomic E-state index is 12.9. The molecule has 0 aliphatic heterocycles. The molecule has 3 aromatic rings. The monoisotopic (exact) mass is 343 g/mol. The van der Waals surface area contributed by atoms with Gasteiger partial charge in [0.05, 0.1) is 9.75 Å². The number of aromatic nitrogens is 2. The number of nitrogens with one attached hydrogen (secondary N) is 1. The van der Waals surface area contributed by atoms with Gasteiger partial charge < -0.3 is 5.32 Å². The van der Waals surface area contributed by atoms with Crippen molar-refractivity contribution < 1.29 is 8.78 Å². The summed E-state index contributed by atoms with van der Waals surface area (Å²) >= 11 is 1.47. The predicted octanol–water partition coefficient (Wildman–Crippen LogP) is 4.45. The molecule has 3 rings (SSSR count). The SMILES string of the molecule is C=C(NCc1cc#ccc1)c1ccc(-c2cc(C(F)F)n(C)n2)s1. The fraction of sp³-hybridized carbons (Fsp3) is 0.167. The highest BCUT2D eigenvalue weighted by Crippen LogP contribution is 2.32. The Morgan fingerprint density at radius 3 is 2.88 bits per heavy atom. The van der Waals surface area contributed by atoms with Gasteiger partial charge in [-0.1, -0.05) is 18.7 Å². The molecule has 2 heterocycles. The van der Waals surface area contributed by atoms with Crippen molar-refractivity contribution in [3.8, 4) is 10.6 Å². The van der Waals surface area contributed by atoms with Crippen molar-refractivity contribution in [2.24, 2.45) is 7.05 Å². The van der Waals surface area contributed by atoms with Crippen molar-refractivity contribution >= 4 is 17.0 Å². The van der Waals surface area contributed by atoms with Gasteiger partial charge in [-0.15, -0.1) is 11.3 Å². The van der Waals surface area contributed by atoms with Gasteiger partial charge in [0, 0.05) is 19.3 Å². The molecule has 0 aliphatic rings. The van der Waals surface area contributed by atoms with Crippen molar-refractivity contribution in [1.82, 2.24) is 15.1 Å². The Kier molecular flexibility index (Phi) is 4.63. The Labute approximate surface area is 143 Å². The number of rotatable bonds is 6. The Morgan fingerprint density at radius 2 is 2.21 bits per heavy atom. The van der Waals surface area contributed by atoms with Crippen LogP contribution >= 0.6 is 11.3 Å². The number of alkyl halides is 2. The van der Waals surface area contributed by atoms with E-state index in [2.05, 4.69) is 29.1 Å². The summed E-state index contributed by atoms with van der Waals surface area (Å²) in [5.41, 5.74) is 2.32. The van der Waals surface area contributed by atoms with E-state index < -0.39 is 6.43 Å². The molecule has 0 saturated carbocycles. The molecule has 122 valence electrons. The maximum Gasteiger partial charge on any atom is 0.280 e. The van der Waals surface area contributed by atoms with E-state index in [1.165, 1.54) is 29.1 Å². The molecule has 0 aliphatic carbocycles. The molecule has 0 radical (unpaired) electrons. The molecule has 0 fully saturated rings. The van der Waals surface area contributed by atoms with Crippen molar-refractivity contribution in [2.45, 2.75) is 13.0 Å². The average molecular weight is 343 g/mol. The third kappa shape index (κ3) is 3.47. The second-order valence-electron chi connectivity index (χ2n) is 5.22. The largest absolute Gasteiger partial charge is 0.380 e. The van der Waals surface area contributed by atoms with Crippen LogP contribution in [0.1, 0.15) is 22.6 Å². The highest BCUT2D eigenvalue weighted by Gasteiger charge is 2.16. The summed E-state index contributed by atoms with van der Waals surface area (Å²) < 4.78 is 26.9. The highest BCUT2D eigenvalue weighted by atomic mass is 32.1. The summed E-state index contributed by atoms with van der Waals surface area (Å²) in [6.07, 6.45) is -2.53. The first-order valence-electron chi connectivity index (χ1n) is 7.26. The number of hydrogen-bond donors (Lipinski definition) is 1. The smallest absolute Gasteiger partial charge is 0.280 e. The second kappa shape index (κ2) is 6.85. The van der Waals surface area contributed by atoms with Crippen molar-refractivity contribution in [2.75, 3.05) is 0 Å². The third-order valence-corrected chi connectivity index (χ3v) is 4.69. The summed E-state index contributed by atoms with van der Waals surface area (Å²) in [6.45, 7) is 4.67. The molecule has 0 unspecified atom stereocenters. The lowest BCUT2D eigenvalue weighted by Gasteiger charge is -2.06. The van der Waals surface area contributed by atoms with E-state index in [0.717, 1.165) is 21.0 Å². The van der Waals surface area contributed by atoms with Gasteiger partial charge in [-0.25, -0.2) is 8.78 Å². The molecule has 0 saturated heterocycles. The molecule has 1 N–H and O–H groups in total. The third-order valence-electron chi connectivity index (χ3n) is 3.52. The molecule has 2 aromatic heterocycles. The zero-order valence-electron chi connectivity index (χ0n) is 13.0. The Balaban J connectivity index is 1.71. The Bertz CT molecular complexity index is 837. The standard InChI is InChI=1S/C18H15F2N3S/c1-12(21-11-13-6-4-3-5-7-13)16-8-9-17(24-16)14-10-15(18(19)20)23(2)22-14/h4,6-10,18,21H,1,11H2,2H3. The second-order valence-corrected chi connectivity index (χ2v) is 6.30. The lowest BCUT2D eigenvalue weighted by atomic mass is 10.2. The van der Waals surface area contributed by atoms with Gasteiger partial charge in [0.15, 0.2) is 0 Å². The van der Waals surface area contributed by atoms with E-state index in [4.69, 9.17) is 0 Å². The quantitative estimate of drug-likeness (QED) is 0.717. The lowest BCUT2D eigenvalue weighted by molar-refractivity contribution is 0.141. The van der Waals surface area contributed by atoms with E-state index in [9.17, 15) is 8.78 Å². The van der Waals surface area contributed by atoms with Crippen LogP contribution in [0.15, 0.2) is 43.0 Å². The molecule has 1 aromatic carbocycles. The molecule has 0 bridgehead atoms. The van der Waals surface area contributed by atoms with Crippen LogP contribution in [0.25, 0.3) is 16.3 Å². The number of halogens is 2. The van der Waals surface area contributed by atoms with E-state index in [-0.39, 0.29) is 5.69 Å². The minimum absolute atomic E-state index is 0.0889. The van der Waals surface area contributed by atoms with Crippen LogP contribution in [0.4, 0.5) is 8.78 Å². The van der Waals surface area contributed by atoms with Gasteiger partial charge in [0.1, 0.15) is 11.4 Å². The number of aryl methyl sites for hydroxylation is 1. The highest BCUT2D eigenvalue weighted by molar-refractivity contribution is 7.16. The van der Waals surface area contributed by atoms with Gasteiger partial charge in [-0.05, 0) is 42.0 Å². The Hall–Kier alpha value is -2.65. The molecule has 0 amide bonds. The Morgan fingerprint density at radius 1 is 1.38 bits per heavy atom. The summed E-state index contributed by atoms with van der Waals surface area (Å²) in [4.78, 5) is 1.78. The number of nitrogens with zero attached hydrogens (tertiary/aromatic N) is 2. The minimum Gasteiger partial charge on any atom is -0.380 e. The summed E-state index contributed by atoms with van der Waals surface area (Å²) in [7, 11) is 1.52. The molecular formula is C18H15F2N3S. The van der Waals surface area contributed by atoms with Gasteiger partial charge in [-0.3, -0.25) is 4.68 Å². The molecule has 0 spiro atoms. The fourth-order valence-electron chi connectivity index (χ4n) is 2.23. The molecular weight excluding hydrogens is 328 g/mol. The van der Waals surface area contributed by atoms with Crippen molar-refractivity contribution in [1.29, 1.82) is 0 Å². The summed E-state index contributed by atoms with van der Waals surface area (Å²) in [5, 5.41) is 7.41. The predicted molar refractivity (Wildman–Crippen MR) is 91.5 cm³/mol. The first kappa shape index (κ1) is 16.2. The normalized spacial score (nSPS) is 10.7. The van der Waals surface area contributed by atoms with E-state index in [1.807, 2.05) is 30.3 Å². The van der Waals surface area contributed by atoms with Crippen molar-refractivity contribution in [3.63, 3.8) is 0 Å². The zero-order chi connectivity index (χ0) is 17.1. The van der Waals surface area contributed by atoms with Gasteiger partial charge in [0.2, 0.25) is 0 Å².